The van der Waals surface area contributed by atoms with Gasteiger partial charge in [0, 0.05) is 31.8 Å². The second-order valence-corrected chi connectivity index (χ2v) is 10.4. The van der Waals surface area contributed by atoms with Crippen LogP contribution in [0.15, 0.2) is 36.4 Å². The van der Waals surface area contributed by atoms with E-state index in [1.54, 1.807) is 29.9 Å². The minimum absolute atomic E-state index is 0.221. The molecule has 39 heavy (non-hydrogen) atoms. The van der Waals surface area contributed by atoms with Crippen LogP contribution in [0.1, 0.15) is 65.2 Å². The van der Waals surface area contributed by atoms with Gasteiger partial charge in [0.15, 0.2) is 0 Å². The van der Waals surface area contributed by atoms with Crippen molar-refractivity contribution in [1.29, 1.82) is 5.26 Å². The first-order valence-electron chi connectivity index (χ1n) is 13.2. The normalized spacial score (nSPS) is 16.2. The number of ether oxygens (including phenoxy) is 1. The Kier molecular flexibility index (Phi) is 7.51. The van der Waals surface area contributed by atoms with E-state index < -0.39 is 23.7 Å². The maximum Gasteiger partial charge on any atom is 0.303 e. The number of nitrogens with one attached hydrogen (secondary N) is 1. The lowest BCUT2D eigenvalue weighted by Crippen LogP contribution is -2.19. The van der Waals surface area contributed by atoms with Crippen LogP contribution >= 0.6 is 0 Å². The predicted molar refractivity (Wildman–Crippen MR) is 140 cm³/mol. The van der Waals surface area contributed by atoms with E-state index in [1.165, 1.54) is 11.6 Å². The van der Waals surface area contributed by atoms with Crippen LogP contribution < -0.4 is 10.1 Å². The van der Waals surface area contributed by atoms with Crippen molar-refractivity contribution in [3.63, 3.8) is 0 Å². The molecule has 0 bridgehead atoms. The Bertz CT molecular complexity index is 1410. The molecular formula is C29H31F2N5O3. The average Bonchev–Trinajstić information content (AvgIpc) is 3.67. The molecule has 5 rings (SSSR count). The number of alkyl halides is 2. The van der Waals surface area contributed by atoms with Gasteiger partial charge < -0.3 is 15.2 Å². The molecule has 1 atom stereocenters. The monoisotopic (exact) mass is 535 g/mol. The van der Waals surface area contributed by atoms with Gasteiger partial charge in [-0.25, -0.2) is 18.4 Å². The number of carbonyl (C=O) groups is 1. The number of halogens is 2. The largest absolute Gasteiger partial charge is 0.481 e. The molecule has 0 amide bonds. The number of aromatic nitrogens is 3. The topological polar surface area (TPSA) is 113 Å². The molecule has 1 saturated carbocycles. The van der Waals surface area contributed by atoms with Gasteiger partial charge in [-0.05, 0) is 72.9 Å². The fraction of sp³-hybridized carbons (Fsp3) is 0.448. The van der Waals surface area contributed by atoms with Gasteiger partial charge in [-0.15, -0.1) is 0 Å². The zero-order valence-electron chi connectivity index (χ0n) is 21.8. The van der Waals surface area contributed by atoms with Crippen LogP contribution in [-0.2, 0) is 36.5 Å². The van der Waals surface area contributed by atoms with E-state index in [2.05, 4.69) is 21.5 Å². The minimum atomic E-state index is -2.54. The van der Waals surface area contributed by atoms with E-state index in [0.717, 1.165) is 30.9 Å². The van der Waals surface area contributed by atoms with Gasteiger partial charge in [0.25, 0.3) is 0 Å². The number of hydrogen-bond acceptors (Lipinski definition) is 6. The Hall–Kier alpha value is -4.00. The molecule has 1 unspecified atom stereocenters. The number of fused-ring (bicyclic) bond motifs is 1. The zero-order valence-corrected chi connectivity index (χ0v) is 21.8. The van der Waals surface area contributed by atoms with Crippen molar-refractivity contribution in [3.8, 4) is 11.9 Å². The Morgan fingerprint density at radius 2 is 2.08 bits per heavy atom. The number of hydrogen-bond donors (Lipinski definition) is 2. The predicted octanol–water partition coefficient (Wildman–Crippen LogP) is 4.76. The number of carboxylic acids is 1. The fourth-order valence-corrected chi connectivity index (χ4v) is 5.29. The Morgan fingerprint density at radius 1 is 1.26 bits per heavy atom. The number of carboxylic acid groups (broad SMARTS) is 1. The summed E-state index contributed by atoms with van der Waals surface area (Å²) in [5.41, 5.74) is 2.74. The lowest BCUT2D eigenvalue weighted by Gasteiger charge is -2.20. The summed E-state index contributed by atoms with van der Waals surface area (Å²) in [6, 6.07) is 12.7. The number of benzene rings is 1. The van der Waals surface area contributed by atoms with Crippen molar-refractivity contribution in [2.75, 3.05) is 18.5 Å². The summed E-state index contributed by atoms with van der Waals surface area (Å²) in [6.07, 6.45) is 0.949. The fourth-order valence-electron chi connectivity index (χ4n) is 5.29. The van der Waals surface area contributed by atoms with Gasteiger partial charge in [0.05, 0.1) is 35.8 Å². The van der Waals surface area contributed by atoms with E-state index in [9.17, 15) is 23.9 Å². The standard InChI is InChI=1S/C29H31F2N5O3/c1-36-25(39-10-6-23-5-4-19-3-2-9-33-27(19)34-23)16-24(35-36)14-21(15-26(37)38)20-11-18(17-32)12-22(13-20)29(7-8-29)28(30)31/h4-5,11-13,16,21,28H,2-3,6-10,14-15H2,1H3,(H,33,34)(H,37,38). The molecule has 0 spiro atoms. The molecule has 1 fully saturated rings. The molecule has 3 aromatic rings. The number of nitrogens with zero attached hydrogens (tertiary/aromatic N) is 4. The van der Waals surface area contributed by atoms with E-state index in [0.29, 0.717) is 48.6 Å². The van der Waals surface area contributed by atoms with Crippen molar-refractivity contribution in [2.24, 2.45) is 7.05 Å². The number of aliphatic carboxylic acids is 1. The van der Waals surface area contributed by atoms with Crippen LogP contribution in [0, 0.1) is 11.3 Å². The summed E-state index contributed by atoms with van der Waals surface area (Å²) in [5.74, 6) is -0.0802. The molecule has 1 aliphatic heterocycles. The SMILES string of the molecule is Cn1nc(CC(CC(=O)O)c2cc(C#N)cc(C3(C(F)F)CC3)c2)cc1OCCc1ccc2c(n1)NCCC2. The third kappa shape index (κ3) is 5.87. The smallest absolute Gasteiger partial charge is 0.303 e. The first-order chi connectivity index (χ1) is 18.8. The highest BCUT2D eigenvalue weighted by molar-refractivity contribution is 5.68. The van der Waals surface area contributed by atoms with Crippen LogP contribution in [0.5, 0.6) is 5.88 Å². The molecule has 2 aliphatic rings. The zero-order chi connectivity index (χ0) is 27.6. The van der Waals surface area contributed by atoms with Crippen LogP contribution in [-0.4, -0.2) is 45.4 Å². The molecule has 2 aromatic heterocycles. The van der Waals surface area contributed by atoms with Crippen LogP contribution in [0.3, 0.4) is 0 Å². The molecule has 10 heteroatoms. The summed E-state index contributed by atoms with van der Waals surface area (Å²) in [4.78, 5) is 16.4. The minimum Gasteiger partial charge on any atom is -0.481 e. The Morgan fingerprint density at radius 3 is 2.79 bits per heavy atom. The number of rotatable bonds is 11. The molecule has 2 N–H and O–H groups in total. The van der Waals surface area contributed by atoms with Crippen LogP contribution in [0.4, 0.5) is 14.6 Å². The molecule has 204 valence electrons. The summed E-state index contributed by atoms with van der Waals surface area (Å²) >= 11 is 0. The van der Waals surface area contributed by atoms with Gasteiger partial charge in [0.1, 0.15) is 5.82 Å². The van der Waals surface area contributed by atoms with Crippen molar-refractivity contribution < 1.29 is 23.4 Å². The second kappa shape index (κ2) is 11.0. The number of anilines is 1. The van der Waals surface area contributed by atoms with Crippen LogP contribution in [0.2, 0.25) is 0 Å². The maximum atomic E-state index is 13.8. The van der Waals surface area contributed by atoms with Crippen molar-refractivity contribution in [1.82, 2.24) is 14.8 Å². The first-order valence-corrected chi connectivity index (χ1v) is 13.2. The Labute approximate surface area is 225 Å². The van der Waals surface area contributed by atoms with Crippen molar-refractivity contribution in [2.45, 2.75) is 62.7 Å². The summed E-state index contributed by atoms with van der Waals surface area (Å²) in [7, 11) is 1.75. The third-order valence-electron chi connectivity index (χ3n) is 7.66. The lowest BCUT2D eigenvalue weighted by molar-refractivity contribution is -0.137. The molecule has 3 heterocycles. The first kappa shape index (κ1) is 26.6. The van der Waals surface area contributed by atoms with Crippen LogP contribution in [0.25, 0.3) is 0 Å². The molecule has 8 nitrogen and oxygen atoms in total. The average molecular weight is 536 g/mol. The number of pyridine rings is 1. The number of nitriles is 1. The third-order valence-corrected chi connectivity index (χ3v) is 7.66. The summed E-state index contributed by atoms with van der Waals surface area (Å²) in [6.45, 7) is 1.32. The van der Waals surface area contributed by atoms with Gasteiger partial charge in [-0.3, -0.25) is 4.79 Å². The van der Waals surface area contributed by atoms with Gasteiger partial charge in [-0.2, -0.15) is 10.4 Å². The molecule has 0 saturated heterocycles. The Balaban J connectivity index is 1.30. The van der Waals surface area contributed by atoms with E-state index in [-0.39, 0.29) is 18.4 Å². The van der Waals surface area contributed by atoms with Gasteiger partial charge >= 0.3 is 5.97 Å². The van der Waals surface area contributed by atoms with Crippen molar-refractivity contribution in [3.05, 3.63) is 70.0 Å². The number of aryl methyl sites for hydroxylation is 2. The second-order valence-electron chi connectivity index (χ2n) is 10.4. The quantitative estimate of drug-likeness (QED) is 0.364. The molecular weight excluding hydrogens is 504 g/mol. The highest BCUT2D eigenvalue weighted by Gasteiger charge is 2.52. The highest BCUT2D eigenvalue weighted by atomic mass is 19.3. The van der Waals surface area contributed by atoms with Crippen molar-refractivity contribution >= 4 is 11.8 Å². The van der Waals surface area contributed by atoms with E-state index in [1.807, 2.05) is 12.1 Å². The highest BCUT2D eigenvalue weighted by Crippen LogP contribution is 2.53. The van der Waals surface area contributed by atoms with Gasteiger partial charge in [0.2, 0.25) is 12.3 Å². The molecule has 0 radical (unpaired) electrons. The molecule has 1 aliphatic carbocycles. The van der Waals surface area contributed by atoms with E-state index >= 15 is 0 Å². The van der Waals surface area contributed by atoms with Gasteiger partial charge in [-0.1, -0.05) is 12.1 Å². The summed E-state index contributed by atoms with van der Waals surface area (Å²) < 4.78 is 35.2. The van der Waals surface area contributed by atoms with E-state index in [4.69, 9.17) is 4.74 Å². The summed E-state index contributed by atoms with van der Waals surface area (Å²) in [5, 5.41) is 27.0. The maximum absolute atomic E-state index is 13.8. The molecule has 1 aromatic carbocycles. The lowest BCUT2D eigenvalue weighted by atomic mass is 9.85.